The van der Waals surface area contributed by atoms with Crippen molar-refractivity contribution in [3.05, 3.63) is 23.8 Å². The van der Waals surface area contributed by atoms with Gasteiger partial charge in [-0.2, -0.15) is 0 Å². The Labute approximate surface area is 107 Å². The van der Waals surface area contributed by atoms with Gasteiger partial charge in [-0.15, -0.1) is 0 Å². The molecule has 2 heterocycles. The standard InChI is InChI=1S/C14H19N3O/c1-9-7-15-8-13-5-11-3-4-12(16-10(2)18)6-14(11)17(9)13/h3-4,6,9,13,15H,5,7-8H2,1-2H3,(H,16,18). The molecule has 2 atom stereocenters. The highest BCUT2D eigenvalue weighted by atomic mass is 16.1. The fraction of sp³-hybridized carbons (Fsp3) is 0.500. The summed E-state index contributed by atoms with van der Waals surface area (Å²) in [4.78, 5) is 13.6. The molecule has 1 fully saturated rings. The number of nitrogens with one attached hydrogen (secondary N) is 2. The zero-order valence-electron chi connectivity index (χ0n) is 10.9. The lowest BCUT2D eigenvalue weighted by Crippen LogP contribution is -2.54. The minimum atomic E-state index is -0.0159. The van der Waals surface area contributed by atoms with Crippen LogP contribution >= 0.6 is 0 Å². The summed E-state index contributed by atoms with van der Waals surface area (Å²) < 4.78 is 0. The molecule has 1 saturated heterocycles. The van der Waals surface area contributed by atoms with Gasteiger partial charge in [0, 0.05) is 43.5 Å². The minimum absolute atomic E-state index is 0.0159. The molecule has 0 aliphatic carbocycles. The van der Waals surface area contributed by atoms with Crippen LogP contribution in [0.1, 0.15) is 19.4 Å². The monoisotopic (exact) mass is 245 g/mol. The Balaban J connectivity index is 1.94. The summed E-state index contributed by atoms with van der Waals surface area (Å²) in [6, 6.07) is 7.33. The molecule has 2 unspecified atom stereocenters. The van der Waals surface area contributed by atoms with Crippen LogP contribution in [0.25, 0.3) is 0 Å². The van der Waals surface area contributed by atoms with E-state index in [4.69, 9.17) is 0 Å². The Kier molecular flexibility index (Phi) is 2.74. The first-order chi connectivity index (χ1) is 8.65. The summed E-state index contributed by atoms with van der Waals surface area (Å²) in [7, 11) is 0. The average Bonchev–Trinajstić information content (AvgIpc) is 2.67. The molecule has 1 aromatic carbocycles. The normalized spacial score (nSPS) is 25.6. The molecule has 4 nitrogen and oxygen atoms in total. The van der Waals surface area contributed by atoms with E-state index < -0.39 is 0 Å². The molecule has 0 spiro atoms. The first kappa shape index (κ1) is 11.5. The third kappa shape index (κ3) is 1.86. The lowest BCUT2D eigenvalue weighted by molar-refractivity contribution is -0.114. The van der Waals surface area contributed by atoms with Gasteiger partial charge in [0.25, 0.3) is 0 Å². The van der Waals surface area contributed by atoms with E-state index in [0.29, 0.717) is 12.1 Å². The van der Waals surface area contributed by atoms with Gasteiger partial charge >= 0.3 is 0 Å². The minimum Gasteiger partial charge on any atom is -0.363 e. The number of benzene rings is 1. The van der Waals surface area contributed by atoms with Crippen molar-refractivity contribution in [2.75, 3.05) is 23.3 Å². The van der Waals surface area contributed by atoms with Gasteiger partial charge < -0.3 is 15.5 Å². The number of fused-ring (bicyclic) bond motifs is 3. The fourth-order valence-electron chi connectivity index (χ4n) is 3.13. The van der Waals surface area contributed by atoms with Gasteiger partial charge in [0.2, 0.25) is 5.91 Å². The van der Waals surface area contributed by atoms with Crippen molar-refractivity contribution in [1.29, 1.82) is 0 Å². The average molecular weight is 245 g/mol. The van der Waals surface area contributed by atoms with Gasteiger partial charge in [0.15, 0.2) is 0 Å². The summed E-state index contributed by atoms with van der Waals surface area (Å²) in [5, 5.41) is 6.34. The molecule has 2 N–H and O–H groups in total. The van der Waals surface area contributed by atoms with Crippen LogP contribution in [0.2, 0.25) is 0 Å². The molecular formula is C14H19N3O. The van der Waals surface area contributed by atoms with E-state index >= 15 is 0 Å². The SMILES string of the molecule is CC(=O)Nc1ccc2c(c1)N1C(C)CNCC1C2. The van der Waals surface area contributed by atoms with E-state index in [-0.39, 0.29) is 5.91 Å². The predicted molar refractivity (Wildman–Crippen MR) is 73.0 cm³/mol. The van der Waals surface area contributed by atoms with Crippen LogP contribution < -0.4 is 15.5 Å². The first-order valence-electron chi connectivity index (χ1n) is 6.54. The molecule has 2 aliphatic heterocycles. The molecule has 3 rings (SSSR count). The Morgan fingerprint density at radius 3 is 3.06 bits per heavy atom. The van der Waals surface area contributed by atoms with Crippen LogP contribution in [0.15, 0.2) is 18.2 Å². The van der Waals surface area contributed by atoms with Crippen LogP contribution in [0, 0.1) is 0 Å². The number of carbonyl (C=O) groups is 1. The summed E-state index contributed by atoms with van der Waals surface area (Å²) in [6.45, 7) is 5.87. The highest BCUT2D eigenvalue weighted by molar-refractivity contribution is 5.89. The van der Waals surface area contributed by atoms with Crippen molar-refractivity contribution in [2.24, 2.45) is 0 Å². The van der Waals surface area contributed by atoms with Crippen molar-refractivity contribution in [2.45, 2.75) is 32.4 Å². The number of hydrogen-bond acceptors (Lipinski definition) is 3. The molecule has 0 radical (unpaired) electrons. The van der Waals surface area contributed by atoms with E-state index in [1.165, 1.54) is 11.3 Å². The number of carbonyl (C=O) groups excluding carboxylic acids is 1. The molecule has 0 saturated carbocycles. The summed E-state index contributed by atoms with van der Waals surface area (Å²) in [5.41, 5.74) is 3.58. The Morgan fingerprint density at radius 1 is 1.44 bits per heavy atom. The zero-order chi connectivity index (χ0) is 12.7. The van der Waals surface area contributed by atoms with Gasteiger partial charge in [0.1, 0.15) is 0 Å². The largest absolute Gasteiger partial charge is 0.363 e. The van der Waals surface area contributed by atoms with Crippen molar-refractivity contribution >= 4 is 17.3 Å². The molecule has 4 heteroatoms. The van der Waals surface area contributed by atoms with Gasteiger partial charge in [-0.05, 0) is 31.0 Å². The second-order valence-electron chi connectivity index (χ2n) is 5.30. The van der Waals surface area contributed by atoms with Crippen molar-refractivity contribution in [1.82, 2.24) is 5.32 Å². The molecule has 0 bridgehead atoms. The quantitative estimate of drug-likeness (QED) is 0.785. The zero-order valence-corrected chi connectivity index (χ0v) is 10.9. The number of rotatable bonds is 1. The Morgan fingerprint density at radius 2 is 2.28 bits per heavy atom. The summed E-state index contributed by atoms with van der Waals surface area (Å²) in [5.74, 6) is -0.0159. The van der Waals surface area contributed by atoms with Gasteiger partial charge in [-0.25, -0.2) is 0 Å². The van der Waals surface area contributed by atoms with E-state index in [1.54, 1.807) is 6.92 Å². The van der Waals surface area contributed by atoms with Gasteiger partial charge in [-0.1, -0.05) is 6.07 Å². The second-order valence-corrected chi connectivity index (χ2v) is 5.30. The van der Waals surface area contributed by atoms with E-state index in [9.17, 15) is 4.79 Å². The highest BCUT2D eigenvalue weighted by Gasteiger charge is 2.34. The van der Waals surface area contributed by atoms with Gasteiger partial charge in [-0.3, -0.25) is 4.79 Å². The van der Waals surface area contributed by atoms with Crippen molar-refractivity contribution in [3.63, 3.8) is 0 Å². The number of nitrogens with zero attached hydrogens (tertiary/aromatic N) is 1. The molecule has 1 aromatic rings. The smallest absolute Gasteiger partial charge is 0.221 e. The van der Waals surface area contributed by atoms with Crippen LogP contribution in [0.4, 0.5) is 11.4 Å². The topological polar surface area (TPSA) is 44.4 Å². The Bertz CT molecular complexity index is 486. The molecule has 18 heavy (non-hydrogen) atoms. The molecular weight excluding hydrogens is 226 g/mol. The predicted octanol–water partition coefficient (Wildman–Crippen LogP) is 1.37. The fourth-order valence-corrected chi connectivity index (χ4v) is 3.13. The lowest BCUT2D eigenvalue weighted by Gasteiger charge is -2.38. The lowest BCUT2D eigenvalue weighted by atomic mass is 10.1. The summed E-state index contributed by atoms with van der Waals surface area (Å²) >= 11 is 0. The summed E-state index contributed by atoms with van der Waals surface area (Å²) in [6.07, 6.45) is 1.10. The molecule has 2 aliphatic rings. The maximum atomic E-state index is 11.1. The molecule has 1 amide bonds. The number of anilines is 2. The molecule has 0 aromatic heterocycles. The van der Waals surface area contributed by atoms with Crippen LogP contribution in [-0.4, -0.2) is 31.1 Å². The third-order valence-electron chi connectivity index (χ3n) is 3.83. The van der Waals surface area contributed by atoms with Crippen molar-refractivity contribution in [3.8, 4) is 0 Å². The van der Waals surface area contributed by atoms with E-state index in [1.807, 2.05) is 6.07 Å². The van der Waals surface area contributed by atoms with Crippen LogP contribution in [0.5, 0.6) is 0 Å². The third-order valence-corrected chi connectivity index (χ3v) is 3.83. The maximum Gasteiger partial charge on any atom is 0.221 e. The molecule has 96 valence electrons. The van der Waals surface area contributed by atoms with Crippen LogP contribution in [-0.2, 0) is 11.2 Å². The highest BCUT2D eigenvalue weighted by Crippen LogP contribution is 2.36. The van der Waals surface area contributed by atoms with Gasteiger partial charge in [0.05, 0.1) is 0 Å². The van der Waals surface area contributed by atoms with E-state index in [0.717, 1.165) is 25.2 Å². The number of piperazine rings is 1. The Hall–Kier alpha value is -1.55. The van der Waals surface area contributed by atoms with Crippen molar-refractivity contribution < 1.29 is 4.79 Å². The second kappa shape index (κ2) is 4.28. The van der Waals surface area contributed by atoms with Crippen LogP contribution in [0.3, 0.4) is 0 Å². The number of hydrogen-bond donors (Lipinski definition) is 2. The number of amides is 1. The maximum absolute atomic E-state index is 11.1. The van der Waals surface area contributed by atoms with E-state index in [2.05, 4.69) is 34.6 Å². The first-order valence-corrected chi connectivity index (χ1v) is 6.54.